The Balaban J connectivity index is 0.980. The quantitative estimate of drug-likeness (QED) is 0.122. The SMILES string of the molecule is N/C(=N\C(=N/Cc1ccc(-c2cccc3ccccc23)cc1)c1cccc2oc3ccccc3c12)c1cccc2oc3c(-c4cc(-c5ccccc5)cc(-c5ccccc5)c4)cccc3c12. The Bertz CT molecular complexity index is 3780. The first kappa shape index (κ1) is 38.8. The minimum Gasteiger partial charge on any atom is -0.456 e. The zero-order chi connectivity index (χ0) is 44.0. The number of rotatable bonds is 8. The Hall–Kier alpha value is -8.80. The van der Waals surface area contributed by atoms with E-state index in [9.17, 15) is 0 Å². The van der Waals surface area contributed by atoms with E-state index in [2.05, 4.69) is 164 Å². The Morgan fingerprint density at radius 1 is 0.394 bits per heavy atom. The van der Waals surface area contributed by atoms with Crippen LogP contribution in [0.25, 0.3) is 99.2 Å². The third-order valence-electron chi connectivity index (χ3n) is 12.6. The van der Waals surface area contributed by atoms with Gasteiger partial charge in [0.2, 0.25) is 0 Å². The monoisotopic (exact) mass is 847 g/mol. The maximum atomic E-state index is 7.20. The lowest BCUT2D eigenvalue weighted by molar-refractivity contribution is 0.669. The molecule has 312 valence electrons. The maximum absolute atomic E-state index is 7.20. The molecule has 2 aromatic heterocycles. The van der Waals surface area contributed by atoms with E-state index in [-0.39, 0.29) is 0 Å². The lowest BCUT2D eigenvalue weighted by Gasteiger charge is -2.12. The van der Waals surface area contributed by atoms with Crippen molar-refractivity contribution in [1.82, 2.24) is 0 Å². The second-order valence-corrected chi connectivity index (χ2v) is 16.6. The van der Waals surface area contributed by atoms with Crippen LogP contribution in [0, 0.1) is 0 Å². The number of benzene rings is 10. The molecule has 5 heteroatoms. The molecular formula is C61H41N3O2. The van der Waals surface area contributed by atoms with Crippen molar-refractivity contribution >= 4 is 66.3 Å². The van der Waals surface area contributed by atoms with Gasteiger partial charge >= 0.3 is 0 Å². The second kappa shape index (κ2) is 16.4. The van der Waals surface area contributed by atoms with Gasteiger partial charge in [-0.25, -0.2) is 4.99 Å². The first-order valence-electron chi connectivity index (χ1n) is 22.2. The van der Waals surface area contributed by atoms with Gasteiger partial charge in [-0.15, -0.1) is 0 Å². The van der Waals surface area contributed by atoms with Crippen LogP contribution in [0.2, 0.25) is 0 Å². The normalized spacial score (nSPS) is 12.2. The fraction of sp³-hybridized carbons (Fsp3) is 0.0164. The fourth-order valence-corrected chi connectivity index (χ4v) is 9.42. The summed E-state index contributed by atoms with van der Waals surface area (Å²) < 4.78 is 13.2. The average molecular weight is 848 g/mol. The van der Waals surface area contributed by atoms with E-state index in [0.29, 0.717) is 18.2 Å². The summed E-state index contributed by atoms with van der Waals surface area (Å²) in [5, 5.41) is 6.23. The molecule has 66 heavy (non-hydrogen) atoms. The van der Waals surface area contributed by atoms with Gasteiger partial charge in [0, 0.05) is 38.2 Å². The molecule has 0 spiro atoms. The van der Waals surface area contributed by atoms with Gasteiger partial charge in [0.25, 0.3) is 0 Å². The molecule has 0 radical (unpaired) electrons. The highest BCUT2D eigenvalue weighted by molar-refractivity contribution is 6.24. The molecule has 0 fully saturated rings. The Morgan fingerprint density at radius 3 is 1.70 bits per heavy atom. The van der Waals surface area contributed by atoms with Crippen molar-refractivity contribution < 1.29 is 8.83 Å². The number of furan rings is 2. The molecule has 0 saturated carbocycles. The minimum absolute atomic E-state index is 0.334. The van der Waals surface area contributed by atoms with Crippen molar-refractivity contribution in [1.29, 1.82) is 0 Å². The van der Waals surface area contributed by atoms with E-state index in [1.54, 1.807) is 0 Å². The van der Waals surface area contributed by atoms with Gasteiger partial charge in [-0.2, -0.15) is 0 Å². The molecule has 0 atom stereocenters. The molecule has 0 amide bonds. The summed E-state index contributed by atoms with van der Waals surface area (Å²) in [7, 11) is 0. The van der Waals surface area contributed by atoms with Crippen molar-refractivity contribution in [2.75, 3.05) is 0 Å². The average Bonchev–Trinajstić information content (AvgIpc) is 3.97. The molecule has 0 aliphatic heterocycles. The van der Waals surface area contributed by atoms with Gasteiger partial charge in [0.05, 0.1) is 6.54 Å². The predicted molar refractivity (Wildman–Crippen MR) is 274 cm³/mol. The van der Waals surface area contributed by atoms with Crippen molar-refractivity contribution in [3.05, 3.63) is 241 Å². The first-order valence-corrected chi connectivity index (χ1v) is 22.2. The van der Waals surface area contributed by atoms with Crippen LogP contribution in [0.15, 0.2) is 243 Å². The van der Waals surface area contributed by atoms with Crippen molar-refractivity contribution in [2.45, 2.75) is 6.54 Å². The van der Waals surface area contributed by atoms with Crippen LogP contribution in [0.1, 0.15) is 16.7 Å². The Labute approximate surface area is 381 Å². The summed E-state index contributed by atoms with van der Waals surface area (Å²) >= 11 is 0. The summed E-state index contributed by atoms with van der Waals surface area (Å²) in [6, 6.07) is 77.8. The summed E-state index contributed by atoms with van der Waals surface area (Å²) in [5.41, 5.74) is 21.9. The van der Waals surface area contributed by atoms with Gasteiger partial charge in [-0.3, -0.25) is 4.99 Å². The van der Waals surface area contributed by atoms with Crippen LogP contribution in [0.5, 0.6) is 0 Å². The van der Waals surface area contributed by atoms with Crippen molar-refractivity contribution in [2.24, 2.45) is 15.7 Å². The number of nitrogens with zero attached hydrogens (tertiary/aromatic N) is 2. The van der Waals surface area contributed by atoms with E-state index in [1.165, 1.54) is 16.3 Å². The van der Waals surface area contributed by atoms with Gasteiger partial charge in [0.1, 0.15) is 28.2 Å². The Morgan fingerprint density at radius 2 is 0.939 bits per heavy atom. The molecule has 12 rings (SSSR count). The van der Waals surface area contributed by atoms with Crippen LogP contribution in [0.3, 0.4) is 0 Å². The van der Waals surface area contributed by atoms with E-state index >= 15 is 0 Å². The van der Waals surface area contributed by atoms with Crippen LogP contribution < -0.4 is 5.73 Å². The highest BCUT2D eigenvalue weighted by Gasteiger charge is 2.20. The zero-order valence-corrected chi connectivity index (χ0v) is 35.9. The van der Waals surface area contributed by atoms with Gasteiger partial charge in [0.15, 0.2) is 5.84 Å². The topological polar surface area (TPSA) is 77.0 Å². The smallest absolute Gasteiger partial charge is 0.158 e. The molecule has 0 unspecified atom stereocenters. The zero-order valence-electron chi connectivity index (χ0n) is 35.9. The third-order valence-corrected chi connectivity index (χ3v) is 12.6. The lowest BCUT2D eigenvalue weighted by Crippen LogP contribution is -2.17. The molecule has 12 aromatic rings. The highest BCUT2D eigenvalue weighted by Crippen LogP contribution is 2.41. The van der Waals surface area contributed by atoms with E-state index < -0.39 is 0 Å². The van der Waals surface area contributed by atoms with Gasteiger partial charge in [-0.1, -0.05) is 188 Å². The largest absolute Gasteiger partial charge is 0.456 e. The number of hydrogen-bond donors (Lipinski definition) is 1. The molecule has 10 aromatic carbocycles. The summed E-state index contributed by atoms with van der Waals surface area (Å²) in [4.78, 5) is 10.5. The highest BCUT2D eigenvalue weighted by atomic mass is 16.3. The molecule has 0 aliphatic carbocycles. The molecule has 0 saturated heterocycles. The van der Waals surface area contributed by atoms with Crippen LogP contribution in [0.4, 0.5) is 0 Å². The number of aliphatic imine (C=N–C) groups is 2. The van der Waals surface area contributed by atoms with E-state index in [4.69, 9.17) is 24.6 Å². The number of fused-ring (bicyclic) bond motifs is 7. The van der Waals surface area contributed by atoms with E-state index in [1.807, 2.05) is 60.7 Å². The number of para-hydroxylation sites is 2. The molecular weight excluding hydrogens is 807 g/mol. The first-order chi connectivity index (χ1) is 32.6. The molecule has 5 nitrogen and oxygen atoms in total. The van der Waals surface area contributed by atoms with Crippen LogP contribution in [-0.2, 0) is 6.54 Å². The summed E-state index contributed by atoms with van der Waals surface area (Å²) in [6.07, 6.45) is 0. The van der Waals surface area contributed by atoms with E-state index in [0.717, 1.165) is 99.5 Å². The number of nitrogens with two attached hydrogens (primary N) is 1. The maximum Gasteiger partial charge on any atom is 0.158 e. The number of amidine groups is 2. The molecule has 0 bridgehead atoms. The predicted octanol–water partition coefficient (Wildman–Crippen LogP) is 15.7. The standard InChI is InChI=1S/C61H41N3O2/c62-60(52-26-13-30-56-58(52)51-25-12-24-49(59(51)66-56)46-36-44(40-15-3-1-4-16-40)35-45(37-46)41-17-5-2-6-18-41)64-61(53-27-14-29-55-57(53)50-22-9-10-28-54(50)65-55)63-38-39-31-33-43(34-32-39)48-23-11-20-42-19-7-8-21-47(42)48/h1-37H,38H2,(H2,62,63,64). The lowest BCUT2D eigenvalue weighted by atomic mass is 9.92. The van der Waals surface area contributed by atoms with Crippen LogP contribution >= 0.6 is 0 Å². The number of hydrogen-bond acceptors (Lipinski definition) is 3. The van der Waals surface area contributed by atoms with Crippen LogP contribution in [-0.4, -0.2) is 11.7 Å². The van der Waals surface area contributed by atoms with Gasteiger partial charge in [-0.05, 0) is 91.7 Å². The van der Waals surface area contributed by atoms with Crippen molar-refractivity contribution in [3.8, 4) is 44.5 Å². The van der Waals surface area contributed by atoms with Gasteiger partial charge < -0.3 is 14.6 Å². The minimum atomic E-state index is 0.334. The van der Waals surface area contributed by atoms with Crippen molar-refractivity contribution in [3.63, 3.8) is 0 Å². The summed E-state index contributed by atoms with van der Waals surface area (Å²) in [5.74, 6) is 0.848. The third kappa shape index (κ3) is 7.00. The fourth-order valence-electron chi connectivity index (χ4n) is 9.42. The Kier molecular flexibility index (Phi) is 9.65. The second-order valence-electron chi connectivity index (χ2n) is 16.6. The summed E-state index contributed by atoms with van der Waals surface area (Å²) in [6.45, 7) is 0.392. The molecule has 2 heterocycles. The molecule has 2 N–H and O–H groups in total. The molecule has 0 aliphatic rings.